The van der Waals surface area contributed by atoms with Crippen LogP contribution in [-0.2, 0) is 4.79 Å². The minimum Gasteiger partial charge on any atom is -0.481 e. The molecular weight excluding hydrogens is 268 g/mol. The second-order valence-corrected chi connectivity index (χ2v) is 7.14. The second kappa shape index (κ2) is 6.67. The van der Waals surface area contributed by atoms with Crippen molar-refractivity contribution in [3.63, 3.8) is 0 Å². The quantitative estimate of drug-likeness (QED) is 0.705. The van der Waals surface area contributed by atoms with Gasteiger partial charge in [0.2, 0.25) is 0 Å². The lowest BCUT2D eigenvalue weighted by Gasteiger charge is -2.26. The fourth-order valence-corrected chi connectivity index (χ4v) is 3.29. The van der Waals surface area contributed by atoms with Gasteiger partial charge in [-0.1, -0.05) is 13.8 Å². The average Bonchev–Trinajstić information content (AvgIpc) is 3.24. The smallest absolute Gasteiger partial charge is 0.314 e. The Kier molecular flexibility index (Phi) is 5.12. The summed E-state index contributed by atoms with van der Waals surface area (Å²) >= 11 is 0. The van der Waals surface area contributed by atoms with Gasteiger partial charge in [0, 0.05) is 13.1 Å². The molecular formula is C16H28N2O3. The van der Waals surface area contributed by atoms with Gasteiger partial charge in [-0.15, -0.1) is 0 Å². The fraction of sp³-hybridized carbons (Fsp3) is 0.875. The van der Waals surface area contributed by atoms with Gasteiger partial charge in [-0.05, 0) is 55.8 Å². The SMILES string of the molecule is CC(C)C1(CNC(=O)NCC2CCC(C(=O)O)CC2)CC1. The Labute approximate surface area is 126 Å². The van der Waals surface area contributed by atoms with Crippen molar-refractivity contribution in [2.24, 2.45) is 23.2 Å². The minimum atomic E-state index is -0.678. The van der Waals surface area contributed by atoms with Crippen LogP contribution in [0.2, 0.25) is 0 Å². The van der Waals surface area contributed by atoms with Crippen LogP contribution in [-0.4, -0.2) is 30.2 Å². The summed E-state index contributed by atoms with van der Waals surface area (Å²) in [6, 6.07) is -0.0812. The van der Waals surface area contributed by atoms with Crippen LogP contribution < -0.4 is 10.6 Å². The van der Waals surface area contributed by atoms with E-state index >= 15 is 0 Å². The Morgan fingerprint density at radius 2 is 1.76 bits per heavy atom. The predicted molar refractivity (Wildman–Crippen MR) is 81.0 cm³/mol. The van der Waals surface area contributed by atoms with Gasteiger partial charge in [0.25, 0.3) is 0 Å². The van der Waals surface area contributed by atoms with Crippen LogP contribution >= 0.6 is 0 Å². The highest BCUT2D eigenvalue weighted by molar-refractivity contribution is 5.74. The van der Waals surface area contributed by atoms with E-state index in [2.05, 4.69) is 24.5 Å². The number of urea groups is 1. The molecule has 2 saturated carbocycles. The molecule has 0 unspecified atom stereocenters. The van der Waals surface area contributed by atoms with Gasteiger partial charge in [-0.25, -0.2) is 4.79 Å². The van der Waals surface area contributed by atoms with E-state index in [9.17, 15) is 9.59 Å². The summed E-state index contributed by atoms with van der Waals surface area (Å²) in [5.74, 6) is 0.175. The fourth-order valence-electron chi connectivity index (χ4n) is 3.29. The molecule has 2 rings (SSSR count). The largest absolute Gasteiger partial charge is 0.481 e. The van der Waals surface area contributed by atoms with Crippen molar-refractivity contribution in [2.75, 3.05) is 13.1 Å². The van der Waals surface area contributed by atoms with E-state index < -0.39 is 5.97 Å². The van der Waals surface area contributed by atoms with Crippen molar-refractivity contribution in [3.8, 4) is 0 Å². The van der Waals surface area contributed by atoms with Crippen LogP contribution in [0.25, 0.3) is 0 Å². The number of hydrogen-bond acceptors (Lipinski definition) is 2. The van der Waals surface area contributed by atoms with Gasteiger partial charge in [-0.3, -0.25) is 4.79 Å². The molecule has 3 N–H and O–H groups in total. The molecule has 2 amide bonds. The van der Waals surface area contributed by atoms with Crippen molar-refractivity contribution in [1.82, 2.24) is 10.6 Å². The lowest BCUT2D eigenvalue weighted by atomic mass is 9.82. The van der Waals surface area contributed by atoms with Gasteiger partial charge >= 0.3 is 12.0 Å². The van der Waals surface area contributed by atoms with Gasteiger partial charge < -0.3 is 15.7 Å². The van der Waals surface area contributed by atoms with Crippen molar-refractivity contribution in [1.29, 1.82) is 0 Å². The Hall–Kier alpha value is -1.26. The molecule has 0 spiro atoms. The highest BCUT2D eigenvalue weighted by Crippen LogP contribution is 2.51. The van der Waals surface area contributed by atoms with E-state index in [1.165, 1.54) is 12.8 Å². The Morgan fingerprint density at radius 1 is 1.14 bits per heavy atom. The van der Waals surface area contributed by atoms with Crippen LogP contribution in [0.5, 0.6) is 0 Å². The summed E-state index contributed by atoms with van der Waals surface area (Å²) in [4.78, 5) is 22.7. The highest BCUT2D eigenvalue weighted by atomic mass is 16.4. The number of rotatable bonds is 6. The van der Waals surface area contributed by atoms with E-state index in [0.29, 0.717) is 23.8 Å². The summed E-state index contributed by atoms with van der Waals surface area (Å²) in [7, 11) is 0. The number of carbonyl (C=O) groups excluding carboxylic acids is 1. The van der Waals surface area contributed by atoms with Gasteiger partial charge in [0.15, 0.2) is 0 Å². The summed E-state index contributed by atoms with van der Waals surface area (Å²) in [5.41, 5.74) is 0.330. The molecule has 0 aliphatic heterocycles. The maximum Gasteiger partial charge on any atom is 0.314 e. The normalized spacial score (nSPS) is 27.2. The lowest BCUT2D eigenvalue weighted by molar-refractivity contribution is -0.143. The highest BCUT2D eigenvalue weighted by Gasteiger charge is 2.45. The topological polar surface area (TPSA) is 78.4 Å². The summed E-state index contributed by atoms with van der Waals surface area (Å²) in [5, 5.41) is 14.9. The summed E-state index contributed by atoms with van der Waals surface area (Å²) in [6.45, 7) is 5.86. The number of carbonyl (C=O) groups is 2. The number of aliphatic carboxylic acids is 1. The summed E-state index contributed by atoms with van der Waals surface area (Å²) in [6.07, 6.45) is 5.69. The van der Waals surface area contributed by atoms with E-state index in [0.717, 1.165) is 32.2 Å². The van der Waals surface area contributed by atoms with Crippen molar-refractivity contribution >= 4 is 12.0 Å². The maximum absolute atomic E-state index is 11.8. The molecule has 0 bridgehead atoms. The third-order valence-electron chi connectivity index (χ3n) is 5.47. The molecule has 5 heteroatoms. The molecule has 2 aliphatic rings. The molecule has 0 saturated heterocycles. The van der Waals surface area contributed by atoms with Crippen LogP contribution in [0.1, 0.15) is 52.4 Å². The van der Waals surface area contributed by atoms with Crippen molar-refractivity contribution in [3.05, 3.63) is 0 Å². The molecule has 2 aliphatic carbocycles. The first-order chi connectivity index (χ1) is 9.93. The molecule has 2 fully saturated rings. The van der Waals surface area contributed by atoms with Gasteiger partial charge in [0.1, 0.15) is 0 Å². The Bertz CT molecular complexity index is 383. The first-order valence-electron chi connectivity index (χ1n) is 8.17. The Morgan fingerprint density at radius 3 is 2.24 bits per heavy atom. The van der Waals surface area contributed by atoms with Crippen molar-refractivity contribution < 1.29 is 14.7 Å². The number of carboxylic acids is 1. The number of hydrogen-bond donors (Lipinski definition) is 3. The first kappa shape index (κ1) is 16.1. The summed E-state index contributed by atoms with van der Waals surface area (Å²) < 4.78 is 0. The zero-order chi connectivity index (χ0) is 15.5. The van der Waals surface area contributed by atoms with Crippen LogP contribution in [0, 0.1) is 23.2 Å². The number of nitrogens with one attached hydrogen (secondary N) is 2. The average molecular weight is 296 g/mol. The molecule has 0 aromatic heterocycles. The maximum atomic E-state index is 11.8. The number of carboxylic acid groups (broad SMARTS) is 1. The third kappa shape index (κ3) is 4.35. The first-order valence-corrected chi connectivity index (χ1v) is 8.17. The standard InChI is InChI=1S/C16H28N2O3/c1-11(2)16(7-8-16)10-18-15(21)17-9-12-3-5-13(6-4-12)14(19)20/h11-13H,3-10H2,1-2H3,(H,19,20)(H2,17,18,21). The molecule has 120 valence electrons. The molecule has 0 radical (unpaired) electrons. The molecule has 5 nitrogen and oxygen atoms in total. The minimum absolute atomic E-state index is 0.0812. The van der Waals surface area contributed by atoms with E-state index in [4.69, 9.17) is 5.11 Å². The van der Waals surface area contributed by atoms with E-state index in [1.54, 1.807) is 0 Å². The molecule has 0 aromatic carbocycles. The zero-order valence-corrected chi connectivity index (χ0v) is 13.2. The molecule has 0 atom stereocenters. The third-order valence-corrected chi connectivity index (χ3v) is 5.47. The second-order valence-electron chi connectivity index (χ2n) is 7.14. The zero-order valence-electron chi connectivity index (χ0n) is 13.2. The van der Waals surface area contributed by atoms with Gasteiger partial charge in [-0.2, -0.15) is 0 Å². The van der Waals surface area contributed by atoms with E-state index in [-0.39, 0.29) is 11.9 Å². The van der Waals surface area contributed by atoms with Crippen LogP contribution in [0.3, 0.4) is 0 Å². The molecule has 0 aromatic rings. The van der Waals surface area contributed by atoms with Gasteiger partial charge in [0.05, 0.1) is 5.92 Å². The van der Waals surface area contributed by atoms with Crippen molar-refractivity contribution in [2.45, 2.75) is 52.4 Å². The Balaban J connectivity index is 1.61. The molecule has 0 heterocycles. The molecule has 21 heavy (non-hydrogen) atoms. The lowest BCUT2D eigenvalue weighted by Crippen LogP contribution is -2.42. The van der Waals surface area contributed by atoms with E-state index in [1.807, 2.05) is 0 Å². The monoisotopic (exact) mass is 296 g/mol. The number of amides is 2. The van der Waals surface area contributed by atoms with Crippen LogP contribution in [0.4, 0.5) is 4.79 Å². The predicted octanol–water partition coefficient (Wildman–Crippen LogP) is 2.61. The van der Waals surface area contributed by atoms with Crippen LogP contribution in [0.15, 0.2) is 0 Å².